The number of aliphatic hydroxyl groups is 1. The van der Waals surface area contributed by atoms with Crippen molar-refractivity contribution >= 4 is 10.0 Å². The van der Waals surface area contributed by atoms with E-state index in [4.69, 9.17) is 5.11 Å². The van der Waals surface area contributed by atoms with Crippen LogP contribution in [0.4, 0.5) is 8.78 Å². The van der Waals surface area contributed by atoms with Gasteiger partial charge >= 0.3 is 0 Å². The number of halogens is 2. The summed E-state index contributed by atoms with van der Waals surface area (Å²) in [5.41, 5.74) is -0.295. The lowest BCUT2D eigenvalue weighted by atomic mass is 10.2. The summed E-state index contributed by atoms with van der Waals surface area (Å²) in [5.74, 6) is 2.38. The van der Waals surface area contributed by atoms with Gasteiger partial charge in [0.2, 0.25) is 10.0 Å². The zero-order valence-electron chi connectivity index (χ0n) is 11.9. The molecule has 0 unspecified atom stereocenters. The van der Waals surface area contributed by atoms with Gasteiger partial charge in [-0.05, 0) is 12.5 Å². The first-order valence-corrected chi connectivity index (χ1v) is 7.91. The van der Waals surface area contributed by atoms with Gasteiger partial charge in [-0.15, -0.1) is 0 Å². The van der Waals surface area contributed by atoms with E-state index in [1.807, 2.05) is 0 Å². The molecule has 0 aliphatic carbocycles. The molecule has 1 aromatic rings. The van der Waals surface area contributed by atoms with Gasteiger partial charge in [0.05, 0.1) is 5.56 Å². The molecular formula is C14H17F2NO3S. The third-order valence-corrected chi connectivity index (χ3v) is 4.79. The molecule has 0 aliphatic heterocycles. The van der Waals surface area contributed by atoms with Crippen LogP contribution in [0, 0.1) is 23.5 Å². The van der Waals surface area contributed by atoms with E-state index in [1.165, 1.54) is 0 Å². The van der Waals surface area contributed by atoms with E-state index < -0.39 is 33.2 Å². The van der Waals surface area contributed by atoms with E-state index in [-0.39, 0.29) is 18.7 Å². The smallest absolute Gasteiger partial charge is 0.247 e. The molecule has 0 aliphatic rings. The Hall–Kier alpha value is -1.49. The van der Waals surface area contributed by atoms with Gasteiger partial charge in [0.25, 0.3) is 0 Å². The van der Waals surface area contributed by atoms with Crippen LogP contribution < -0.4 is 0 Å². The molecule has 0 atom stereocenters. The summed E-state index contributed by atoms with van der Waals surface area (Å²) in [6.07, 6.45) is 0.563. The second-order valence-corrected chi connectivity index (χ2v) is 6.10. The fourth-order valence-corrected chi connectivity index (χ4v) is 3.59. The molecule has 116 valence electrons. The molecule has 0 spiro atoms. The number of nitrogens with zero attached hydrogens (tertiary/aromatic N) is 1. The summed E-state index contributed by atoms with van der Waals surface area (Å²) in [4.78, 5) is -0.653. The van der Waals surface area contributed by atoms with Crippen LogP contribution in [0.2, 0.25) is 0 Å². The van der Waals surface area contributed by atoms with E-state index in [1.54, 1.807) is 13.8 Å². The first kappa shape index (κ1) is 17.6. The van der Waals surface area contributed by atoms with Crippen LogP contribution in [0.1, 0.15) is 25.8 Å². The first-order chi connectivity index (χ1) is 9.88. The SMILES string of the molecule is CCCN(CC)S(=O)(=O)c1c(F)cc(F)cc1C#CCO. The Morgan fingerprint density at radius 1 is 1.29 bits per heavy atom. The lowest BCUT2D eigenvalue weighted by Crippen LogP contribution is -2.32. The van der Waals surface area contributed by atoms with Gasteiger partial charge in [0.1, 0.15) is 23.1 Å². The summed E-state index contributed by atoms with van der Waals surface area (Å²) in [7, 11) is -4.11. The molecule has 4 nitrogen and oxygen atoms in total. The molecule has 1 N–H and O–H groups in total. The first-order valence-electron chi connectivity index (χ1n) is 6.47. The molecule has 0 bridgehead atoms. The van der Waals surface area contributed by atoms with E-state index >= 15 is 0 Å². The van der Waals surface area contributed by atoms with Gasteiger partial charge in [-0.25, -0.2) is 17.2 Å². The predicted molar refractivity (Wildman–Crippen MR) is 75.0 cm³/mol. The van der Waals surface area contributed by atoms with Crippen LogP contribution >= 0.6 is 0 Å². The monoisotopic (exact) mass is 317 g/mol. The van der Waals surface area contributed by atoms with Crippen molar-refractivity contribution in [2.45, 2.75) is 25.2 Å². The van der Waals surface area contributed by atoms with Crippen molar-refractivity contribution < 1.29 is 22.3 Å². The van der Waals surface area contributed by atoms with Crippen molar-refractivity contribution in [3.05, 3.63) is 29.3 Å². The molecule has 0 radical (unpaired) electrons. The van der Waals surface area contributed by atoms with Gasteiger partial charge < -0.3 is 5.11 Å². The molecule has 1 aromatic carbocycles. The highest BCUT2D eigenvalue weighted by Crippen LogP contribution is 2.24. The van der Waals surface area contributed by atoms with Crippen molar-refractivity contribution in [3.8, 4) is 11.8 Å². The van der Waals surface area contributed by atoms with Gasteiger partial charge in [0, 0.05) is 19.2 Å². The minimum absolute atomic E-state index is 0.167. The molecular weight excluding hydrogens is 300 g/mol. The Bertz CT molecular complexity index is 663. The molecule has 0 saturated carbocycles. The van der Waals surface area contributed by atoms with Crippen molar-refractivity contribution in [2.75, 3.05) is 19.7 Å². The highest BCUT2D eigenvalue weighted by atomic mass is 32.2. The standard InChI is InChI=1S/C14H17F2NO3S/c1-3-7-17(4-2)21(19,20)14-11(6-5-8-18)9-12(15)10-13(14)16/h9-10,18H,3-4,7-8H2,1-2H3. The quantitative estimate of drug-likeness (QED) is 0.842. The Kier molecular flexibility index (Phi) is 6.27. The number of hydrogen-bond donors (Lipinski definition) is 1. The van der Waals surface area contributed by atoms with Gasteiger partial charge in [-0.1, -0.05) is 25.7 Å². The Balaban J connectivity index is 3.53. The van der Waals surface area contributed by atoms with Gasteiger partial charge in [-0.2, -0.15) is 4.31 Å². The number of benzene rings is 1. The van der Waals surface area contributed by atoms with Gasteiger partial charge in [-0.3, -0.25) is 0 Å². The highest BCUT2D eigenvalue weighted by molar-refractivity contribution is 7.89. The number of sulfonamides is 1. The Labute approximate surface area is 123 Å². The molecule has 7 heteroatoms. The second-order valence-electron chi connectivity index (χ2n) is 4.22. The fourth-order valence-electron chi connectivity index (χ4n) is 1.88. The number of aliphatic hydroxyl groups excluding tert-OH is 1. The third-order valence-electron chi connectivity index (χ3n) is 2.73. The Morgan fingerprint density at radius 2 is 1.95 bits per heavy atom. The lowest BCUT2D eigenvalue weighted by molar-refractivity contribution is 0.350. The molecule has 0 amide bonds. The molecule has 21 heavy (non-hydrogen) atoms. The van der Waals surface area contributed by atoms with E-state index in [0.717, 1.165) is 10.4 Å². The normalized spacial score (nSPS) is 11.3. The maximum absolute atomic E-state index is 14.0. The zero-order valence-corrected chi connectivity index (χ0v) is 12.7. The molecule has 0 heterocycles. The maximum atomic E-state index is 14.0. The summed E-state index contributed by atoms with van der Waals surface area (Å²) < 4.78 is 53.4. The van der Waals surface area contributed by atoms with Crippen molar-refractivity contribution in [1.29, 1.82) is 0 Å². The molecule has 0 aromatic heterocycles. The lowest BCUT2D eigenvalue weighted by Gasteiger charge is -2.21. The maximum Gasteiger partial charge on any atom is 0.247 e. The average Bonchev–Trinajstić information content (AvgIpc) is 2.40. The number of hydrogen-bond acceptors (Lipinski definition) is 3. The summed E-state index contributed by atoms with van der Waals surface area (Å²) in [6.45, 7) is 3.28. The predicted octanol–water partition coefficient (Wildman–Crippen LogP) is 1.73. The highest BCUT2D eigenvalue weighted by Gasteiger charge is 2.29. The number of rotatable bonds is 5. The summed E-state index contributed by atoms with van der Waals surface area (Å²) >= 11 is 0. The molecule has 1 rings (SSSR count). The van der Waals surface area contributed by atoms with Crippen LogP contribution in [0.3, 0.4) is 0 Å². The van der Waals surface area contributed by atoms with E-state index in [9.17, 15) is 17.2 Å². The van der Waals surface area contributed by atoms with E-state index in [2.05, 4.69) is 11.8 Å². The fraction of sp³-hybridized carbons (Fsp3) is 0.429. The third kappa shape index (κ3) is 4.00. The van der Waals surface area contributed by atoms with Gasteiger partial charge in [0.15, 0.2) is 0 Å². The topological polar surface area (TPSA) is 57.6 Å². The van der Waals surface area contributed by atoms with Crippen LogP contribution in [-0.2, 0) is 10.0 Å². The molecule has 0 saturated heterocycles. The minimum atomic E-state index is -4.11. The Morgan fingerprint density at radius 3 is 2.48 bits per heavy atom. The van der Waals surface area contributed by atoms with Crippen LogP contribution in [-0.4, -0.2) is 37.5 Å². The minimum Gasteiger partial charge on any atom is -0.384 e. The van der Waals surface area contributed by atoms with Crippen molar-refractivity contribution in [1.82, 2.24) is 4.31 Å². The summed E-state index contributed by atoms with van der Waals surface area (Å²) in [5, 5.41) is 8.68. The largest absolute Gasteiger partial charge is 0.384 e. The van der Waals surface area contributed by atoms with Crippen molar-refractivity contribution in [3.63, 3.8) is 0 Å². The van der Waals surface area contributed by atoms with Crippen molar-refractivity contribution in [2.24, 2.45) is 0 Å². The zero-order chi connectivity index (χ0) is 16.0. The van der Waals surface area contributed by atoms with Crippen LogP contribution in [0.15, 0.2) is 17.0 Å². The average molecular weight is 317 g/mol. The second kappa shape index (κ2) is 7.50. The van der Waals surface area contributed by atoms with Crippen LogP contribution in [0.5, 0.6) is 0 Å². The van der Waals surface area contributed by atoms with Crippen LogP contribution in [0.25, 0.3) is 0 Å². The molecule has 0 fully saturated rings. The van der Waals surface area contributed by atoms with E-state index in [0.29, 0.717) is 12.5 Å². The summed E-state index contributed by atoms with van der Waals surface area (Å²) in [6, 6.07) is 1.36.